The zero-order valence-corrected chi connectivity index (χ0v) is 15.0. The van der Waals surface area contributed by atoms with Gasteiger partial charge in [0.2, 0.25) is 0 Å². The summed E-state index contributed by atoms with van der Waals surface area (Å²) >= 11 is 0. The van der Waals surface area contributed by atoms with Crippen molar-refractivity contribution in [2.45, 2.75) is 38.0 Å². The third-order valence-electron chi connectivity index (χ3n) is 5.08. The molecule has 2 aliphatic heterocycles. The van der Waals surface area contributed by atoms with Crippen molar-refractivity contribution in [1.82, 2.24) is 4.90 Å². The first-order chi connectivity index (χ1) is 12.3. The number of amides is 2. The molecule has 2 heterocycles. The molecule has 1 fully saturated rings. The first kappa shape index (κ1) is 18.5. The normalized spacial score (nSPS) is 28.4. The van der Waals surface area contributed by atoms with Crippen molar-refractivity contribution in [2.75, 3.05) is 25.3 Å². The molecule has 0 radical (unpaired) electrons. The lowest BCUT2D eigenvalue weighted by molar-refractivity contribution is -0.129. The van der Waals surface area contributed by atoms with Crippen LogP contribution in [-0.2, 0) is 9.53 Å². The average Bonchev–Trinajstić information content (AvgIpc) is 3.17. The predicted molar refractivity (Wildman–Crippen MR) is 95.0 cm³/mol. The maximum absolute atomic E-state index is 12.7. The van der Waals surface area contributed by atoms with E-state index in [1.807, 2.05) is 0 Å². The second kappa shape index (κ2) is 6.79. The van der Waals surface area contributed by atoms with Gasteiger partial charge in [0.05, 0.1) is 36.8 Å². The molecule has 140 valence electrons. The van der Waals surface area contributed by atoms with Crippen LogP contribution in [0.1, 0.15) is 30.6 Å². The first-order valence-corrected chi connectivity index (χ1v) is 8.55. The van der Waals surface area contributed by atoms with Crippen molar-refractivity contribution < 1.29 is 24.5 Å². The van der Waals surface area contributed by atoms with Gasteiger partial charge in [0.25, 0.3) is 11.8 Å². The number of ether oxygens (including phenoxy) is 1. The maximum Gasteiger partial charge on any atom is 0.285 e. The molecule has 8 nitrogen and oxygen atoms in total. The van der Waals surface area contributed by atoms with E-state index in [-0.39, 0.29) is 25.5 Å². The molecule has 0 aromatic heterocycles. The van der Waals surface area contributed by atoms with Gasteiger partial charge in [-0.05, 0) is 31.5 Å². The van der Waals surface area contributed by atoms with Crippen molar-refractivity contribution in [3.8, 4) is 0 Å². The highest BCUT2D eigenvalue weighted by atomic mass is 16.5. The molecule has 1 saturated heterocycles. The van der Waals surface area contributed by atoms with E-state index < -0.39 is 23.7 Å². The van der Waals surface area contributed by atoms with Crippen molar-refractivity contribution in [1.29, 1.82) is 0 Å². The second-order valence-electron chi connectivity index (χ2n) is 6.65. The van der Waals surface area contributed by atoms with Gasteiger partial charge in [-0.25, -0.2) is 0 Å². The van der Waals surface area contributed by atoms with Crippen LogP contribution < -0.4 is 5.01 Å². The monoisotopic (exact) mass is 361 g/mol. The number of anilines is 1. The summed E-state index contributed by atoms with van der Waals surface area (Å²) in [4.78, 5) is 26.7. The van der Waals surface area contributed by atoms with Gasteiger partial charge in [-0.3, -0.25) is 9.59 Å². The van der Waals surface area contributed by atoms with Gasteiger partial charge in [-0.15, -0.1) is 0 Å². The van der Waals surface area contributed by atoms with Crippen molar-refractivity contribution in [3.63, 3.8) is 0 Å². The third-order valence-corrected chi connectivity index (χ3v) is 5.08. The number of likely N-dealkylation sites (N-methyl/N-ethyl adjacent to an activating group) is 1. The van der Waals surface area contributed by atoms with Crippen LogP contribution in [0.4, 0.5) is 5.69 Å². The highest BCUT2D eigenvalue weighted by Gasteiger charge is 2.46. The van der Waals surface area contributed by atoms with Crippen molar-refractivity contribution >= 4 is 23.2 Å². The predicted octanol–water partition coefficient (Wildman–Crippen LogP) is 0.382. The number of hydrogen-bond acceptors (Lipinski definition) is 6. The number of carbonyl (C=O) groups is 2. The molecular formula is C18H23N3O5. The lowest BCUT2D eigenvalue weighted by Crippen LogP contribution is -2.45. The molecule has 26 heavy (non-hydrogen) atoms. The summed E-state index contributed by atoms with van der Waals surface area (Å²) < 4.78 is 5.20. The molecule has 3 rings (SSSR count). The van der Waals surface area contributed by atoms with Crippen molar-refractivity contribution in [3.05, 3.63) is 29.8 Å². The van der Waals surface area contributed by atoms with Crippen molar-refractivity contribution in [2.24, 2.45) is 5.10 Å². The van der Waals surface area contributed by atoms with Gasteiger partial charge in [-0.1, -0.05) is 13.0 Å². The zero-order valence-electron chi connectivity index (χ0n) is 15.0. The van der Waals surface area contributed by atoms with E-state index in [9.17, 15) is 19.8 Å². The molecule has 1 unspecified atom stereocenters. The molecule has 1 aromatic rings. The Morgan fingerprint density at radius 2 is 2.19 bits per heavy atom. The standard InChI is InChI=1S/C18H23N3O5/c1-4-18(25)11(2)19-21(17(18)24)13-7-5-6-12(8-13)16(23)20(3)14-9-26-10-15(14)22/h5-8,14-15,22,25H,4,9-10H2,1-3H3/t14-,15-,18?/m1/s1. The number of benzene rings is 1. The van der Waals surface area contributed by atoms with E-state index in [0.29, 0.717) is 17.0 Å². The minimum atomic E-state index is -1.61. The Morgan fingerprint density at radius 3 is 2.77 bits per heavy atom. The summed E-state index contributed by atoms with van der Waals surface area (Å²) in [6, 6.07) is 6.08. The topological polar surface area (TPSA) is 103 Å². The van der Waals surface area contributed by atoms with E-state index in [1.165, 1.54) is 4.90 Å². The number of hydrogen-bond donors (Lipinski definition) is 2. The lowest BCUT2D eigenvalue weighted by atomic mass is 9.95. The summed E-state index contributed by atoms with van der Waals surface area (Å²) in [7, 11) is 1.61. The van der Waals surface area contributed by atoms with Gasteiger partial charge >= 0.3 is 0 Å². The molecule has 2 amide bonds. The highest BCUT2D eigenvalue weighted by Crippen LogP contribution is 2.29. The minimum absolute atomic E-state index is 0.203. The number of hydrazone groups is 1. The van der Waals surface area contributed by atoms with E-state index in [4.69, 9.17) is 4.74 Å². The molecule has 0 aliphatic carbocycles. The Morgan fingerprint density at radius 1 is 1.46 bits per heavy atom. The van der Waals surface area contributed by atoms with Gasteiger partial charge in [0, 0.05) is 12.6 Å². The lowest BCUT2D eigenvalue weighted by Gasteiger charge is -2.26. The molecule has 2 N–H and O–H groups in total. The minimum Gasteiger partial charge on any atom is -0.388 e. The Kier molecular flexibility index (Phi) is 4.83. The SMILES string of the molecule is CCC1(O)C(=O)N(c2cccc(C(=O)N(C)[C@@H]3COC[C@H]3O)c2)N=C1C. The maximum atomic E-state index is 12.7. The van der Waals surface area contributed by atoms with E-state index in [0.717, 1.165) is 5.01 Å². The average molecular weight is 361 g/mol. The number of carbonyl (C=O) groups excluding carboxylic acids is 2. The van der Waals surface area contributed by atoms with Gasteiger partial charge in [-0.2, -0.15) is 10.1 Å². The van der Waals surface area contributed by atoms with E-state index in [1.54, 1.807) is 45.2 Å². The van der Waals surface area contributed by atoms with Gasteiger partial charge < -0.3 is 19.8 Å². The summed E-state index contributed by atoms with van der Waals surface area (Å²) in [5.74, 6) is -0.824. The summed E-state index contributed by atoms with van der Waals surface area (Å²) in [5, 5.41) is 25.7. The van der Waals surface area contributed by atoms with E-state index >= 15 is 0 Å². The summed E-state index contributed by atoms with van der Waals surface area (Å²) in [5.41, 5.74) is -0.523. The Labute approximate surface area is 151 Å². The third kappa shape index (κ3) is 2.90. The van der Waals surface area contributed by atoms with Crippen LogP contribution in [0.2, 0.25) is 0 Å². The number of aliphatic hydroxyl groups is 2. The molecule has 0 saturated carbocycles. The summed E-state index contributed by atoms with van der Waals surface area (Å²) in [6.07, 6.45) is -0.502. The molecule has 0 bridgehead atoms. The smallest absolute Gasteiger partial charge is 0.285 e. The first-order valence-electron chi connectivity index (χ1n) is 8.55. The molecule has 2 aliphatic rings. The van der Waals surface area contributed by atoms with Crippen LogP contribution in [0, 0.1) is 0 Å². The Balaban J connectivity index is 1.85. The van der Waals surface area contributed by atoms with Crippen LogP contribution in [0.3, 0.4) is 0 Å². The van der Waals surface area contributed by atoms with Crippen LogP contribution in [0.25, 0.3) is 0 Å². The number of nitrogens with zero attached hydrogens (tertiary/aromatic N) is 3. The fourth-order valence-electron chi connectivity index (χ4n) is 3.22. The molecular weight excluding hydrogens is 338 g/mol. The van der Waals surface area contributed by atoms with Crippen LogP contribution >= 0.6 is 0 Å². The van der Waals surface area contributed by atoms with Crippen LogP contribution in [0.15, 0.2) is 29.4 Å². The molecule has 8 heteroatoms. The van der Waals surface area contributed by atoms with Gasteiger partial charge in [0.15, 0.2) is 5.60 Å². The Bertz CT molecular complexity index is 765. The second-order valence-corrected chi connectivity index (χ2v) is 6.65. The zero-order chi connectivity index (χ0) is 19.1. The summed E-state index contributed by atoms with van der Waals surface area (Å²) in [6.45, 7) is 3.80. The fourth-order valence-corrected chi connectivity index (χ4v) is 3.22. The number of rotatable bonds is 4. The van der Waals surface area contributed by atoms with Crippen LogP contribution in [-0.4, -0.2) is 70.6 Å². The number of aliphatic hydroxyl groups excluding tert-OH is 1. The quantitative estimate of drug-likeness (QED) is 0.807. The Hall–Kier alpha value is -2.29. The van der Waals surface area contributed by atoms with Gasteiger partial charge in [0.1, 0.15) is 0 Å². The molecule has 1 aromatic carbocycles. The molecule has 0 spiro atoms. The molecule has 3 atom stereocenters. The van der Waals surface area contributed by atoms with Crippen LogP contribution in [0.5, 0.6) is 0 Å². The largest absolute Gasteiger partial charge is 0.388 e. The highest BCUT2D eigenvalue weighted by molar-refractivity contribution is 6.21. The van der Waals surface area contributed by atoms with E-state index in [2.05, 4.69) is 5.10 Å². The fraction of sp³-hybridized carbons (Fsp3) is 0.500.